The summed E-state index contributed by atoms with van der Waals surface area (Å²) in [4.78, 5) is 27.1. The zero-order valence-electron chi connectivity index (χ0n) is 15.3. The molecule has 0 spiro atoms. The summed E-state index contributed by atoms with van der Waals surface area (Å²) >= 11 is 2.23. The third-order valence-electron chi connectivity index (χ3n) is 5.87. The number of benzene rings is 1. The van der Waals surface area contributed by atoms with Gasteiger partial charge in [-0.2, -0.15) is 0 Å². The van der Waals surface area contributed by atoms with E-state index in [0.29, 0.717) is 12.0 Å². The Balaban J connectivity index is 2.70. The third-order valence-corrected chi connectivity index (χ3v) is 6.59. The summed E-state index contributed by atoms with van der Waals surface area (Å²) in [6.07, 6.45) is 2.88. The summed E-state index contributed by atoms with van der Waals surface area (Å²) in [7, 11) is 0. The van der Waals surface area contributed by atoms with Crippen molar-refractivity contribution in [3.63, 3.8) is 0 Å². The minimum atomic E-state index is -0.975. The van der Waals surface area contributed by atoms with Crippen LogP contribution in [-0.2, 0) is 4.79 Å². The fraction of sp³-hybridized carbons (Fsp3) is 0.524. The van der Waals surface area contributed by atoms with E-state index in [1.807, 2.05) is 38.1 Å². The Morgan fingerprint density at radius 2 is 1.50 bits per heavy atom. The quantitative estimate of drug-likeness (QED) is 0.237. The maximum atomic E-state index is 13.6. The van der Waals surface area contributed by atoms with Crippen LogP contribution < -0.4 is 0 Å². The van der Waals surface area contributed by atoms with Gasteiger partial charge >= 0.3 is 0 Å². The Labute approximate surface area is 159 Å². The summed E-state index contributed by atoms with van der Waals surface area (Å²) in [5, 5.41) is 0. The van der Waals surface area contributed by atoms with Gasteiger partial charge in [0.15, 0.2) is 11.6 Å². The standard InChI is InChI=1S/C21H27IO2/c1-6-16-17(7-2)21(9-4,19(24)20(16,5)8-3)18(23)14-10-12-15(22)13-11-14/h10-13H,6-9H2,1-5H3/t20-,21+/m0/s1. The molecule has 1 aliphatic rings. The number of allylic oxidation sites excluding steroid dienone is 2. The highest BCUT2D eigenvalue weighted by Gasteiger charge is 2.59. The molecule has 0 aliphatic heterocycles. The SMILES string of the molecule is CCC1=C(CC)[C@](CC)(C(=O)c2ccc(I)cc2)C(=O)[C@@]1(C)CC. The van der Waals surface area contributed by atoms with Crippen LogP contribution in [0.15, 0.2) is 35.4 Å². The zero-order chi connectivity index (χ0) is 18.1. The highest BCUT2D eigenvalue weighted by atomic mass is 127. The van der Waals surface area contributed by atoms with Gasteiger partial charge in [-0.1, -0.05) is 45.4 Å². The molecule has 3 heteroatoms. The van der Waals surface area contributed by atoms with Crippen LogP contribution in [0.2, 0.25) is 0 Å². The molecule has 0 saturated carbocycles. The first-order valence-corrected chi connectivity index (χ1v) is 9.99. The van der Waals surface area contributed by atoms with Crippen LogP contribution in [-0.4, -0.2) is 11.6 Å². The number of ketones is 2. The van der Waals surface area contributed by atoms with Crippen LogP contribution in [0, 0.1) is 14.4 Å². The number of halogens is 1. The number of rotatable bonds is 6. The Morgan fingerprint density at radius 3 is 1.92 bits per heavy atom. The fourth-order valence-corrected chi connectivity index (χ4v) is 4.81. The van der Waals surface area contributed by atoms with Crippen LogP contribution >= 0.6 is 22.6 Å². The van der Waals surface area contributed by atoms with E-state index in [1.165, 1.54) is 5.57 Å². The molecular weight excluding hydrogens is 411 g/mol. The highest BCUT2D eigenvalue weighted by Crippen LogP contribution is 2.56. The third kappa shape index (κ3) is 2.59. The molecule has 0 heterocycles. The van der Waals surface area contributed by atoms with Crippen molar-refractivity contribution >= 4 is 34.2 Å². The van der Waals surface area contributed by atoms with Gasteiger partial charge in [0, 0.05) is 14.5 Å². The minimum absolute atomic E-state index is 0.0219. The second kappa shape index (κ2) is 7.11. The molecule has 1 aliphatic carbocycles. The van der Waals surface area contributed by atoms with E-state index < -0.39 is 10.8 Å². The normalized spacial score (nSPS) is 27.0. The van der Waals surface area contributed by atoms with Crippen LogP contribution in [0.5, 0.6) is 0 Å². The molecule has 0 amide bonds. The largest absolute Gasteiger partial charge is 0.297 e. The average molecular weight is 438 g/mol. The molecule has 0 bridgehead atoms. The molecule has 130 valence electrons. The predicted octanol–water partition coefficient (Wildman–Crippen LogP) is 5.99. The van der Waals surface area contributed by atoms with Crippen molar-refractivity contribution in [3.05, 3.63) is 44.5 Å². The number of hydrogen-bond acceptors (Lipinski definition) is 2. The smallest absolute Gasteiger partial charge is 0.180 e. The van der Waals surface area contributed by atoms with E-state index in [0.717, 1.165) is 28.4 Å². The lowest BCUT2D eigenvalue weighted by atomic mass is 9.67. The van der Waals surface area contributed by atoms with Crippen molar-refractivity contribution in [2.24, 2.45) is 10.8 Å². The number of Topliss-reactive ketones (excluding diaryl/α,β-unsaturated/α-hetero) is 2. The highest BCUT2D eigenvalue weighted by molar-refractivity contribution is 14.1. The first kappa shape index (κ1) is 19.4. The van der Waals surface area contributed by atoms with Crippen molar-refractivity contribution < 1.29 is 9.59 Å². The maximum absolute atomic E-state index is 13.6. The van der Waals surface area contributed by atoms with Gasteiger partial charge in [-0.05, 0) is 72.9 Å². The Morgan fingerprint density at radius 1 is 0.958 bits per heavy atom. The van der Waals surface area contributed by atoms with E-state index in [9.17, 15) is 9.59 Å². The van der Waals surface area contributed by atoms with Crippen LogP contribution in [0.1, 0.15) is 70.7 Å². The number of carbonyl (C=O) groups is 2. The molecule has 2 rings (SSSR count). The molecule has 1 aromatic rings. The molecule has 0 saturated heterocycles. The first-order valence-electron chi connectivity index (χ1n) is 8.91. The lowest BCUT2D eigenvalue weighted by Crippen LogP contribution is -2.42. The number of hydrogen-bond donors (Lipinski definition) is 0. The van der Waals surface area contributed by atoms with Crippen molar-refractivity contribution in [1.82, 2.24) is 0 Å². The summed E-state index contributed by atoms with van der Waals surface area (Å²) in [6, 6.07) is 7.59. The van der Waals surface area contributed by atoms with Gasteiger partial charge in [-0.15, -0.1) is 0 Å². The van der Waals surface area contributed by atoms with Gasteiger partial charge < -0.3 is 0 Å². The Bertz CT molecular complexity index is 686. The van der Waals surface area contributed by atoms with E-state index in [-0.39, 0.29) is 11.6 Å². The van der Waals surface area contributed by atoms with E-state index in [4.69, 9.17) is 0 Å². The fourth-order valence-electron chi connectivity index (χ4n) is 4.45. The van der Waals surface area contributed by atoms with Crippen molar-refractivity contribution in [2.75, 3.05) is 0 Å². The number of carbonyl (C=O) groups excluding carboxylic acids is 2. The van der Waals surface area contributed by atoms with E-state index in [1.54, 1.807) is 0 Å². The van der Waals surface area contributed by atoms with Gasteiger partial charge in [0.25, 0.3) is 0 Å². The van der Waals surface area contributed by atoms with Gasteiger partial charge in [-0.25, -0.2) is 0 Å². The van der Waals surface area contributed by atoms with E-state index >= 15 is 0 Å². The topological polar surface area (TPSA) is 34.1 Å². The first-order chi connectivity index (χ1) is 11.3. The second-order valence-electron chi connectivity index (χ2n) is 6.77. The molecular formula is C21H27IO2. The summed E-state index contributed by atoms with van der Waals surface area (Å²) in [5.74, 6) is 0.0867. The monoisotopic (exact) mass is 438 g/mol. The zero-order valence-corrected chi connectivity index (χ0v) is 17.5. The average Bonchev–Trinajstić information content (AvgIpc) is 2.80. The van der Waals surface area contributed by atoms with Crippen molar-refractivity contribution in [1.29, 1.82) is 0 Å². The Hall–Kier alpha value is -0.970. The summed E-state index contributed by atoms with van der Waals surface area (Å²) in [6.45, 7) is 10.2. The molecule has 0 radical (unpaired) electrons. The van der Waals surface area contributed by atoms with Crippen molar-refractivity contribution in [2.45, 2.75) is 60.3 Å². The van der Waals surface area contributed by atoms with Crippen LogP contribution in [0.25, 0.3) is 0 Å². The lowest BCUT2D eigenvalue weighted by molar-refractivity contribution is -0.130. The molecule has 0 fully saturated rings. The molecule has 2 nitrogen and oxygen atoms in total. The van der Waals surface area contributed by atoms with Gasteiger partial charge in [0.05, 0.1) is 0 Å². The lowest BCUT2D eigenvalue weighted by Gasteiger charge is -2.31. The van der Waals surface area contributed by atoms with Gasteiger partial charge in [-0.3, -0.25) is 9.59 Å². The maximum Gasteiger partial charge on any atom is 0.180 e. The molecule has 0 unspecified atom stereocenters. The molecule has 2 atom stereocenters. The van der Waals surface area contributed by atoms with Crippen LogP contribution in [0.3, 0.4) is 0 Å². The van der Waals surface area contributed by atoms with Gasteiger partial charge in [0.2, 0.25) is 0 Å². The molecule has 24 heavy (non-hydrogen) atoms. The van der Waals surface area contributed by atoms with Gasteiger partial charge in [0.1, 0.15) is 5.41 Å². The molecule has 1 aromatic carbocycles. The minimum Gasteiger partial charge on any atom is -0.297 e. The molecule has 0 aromatic heterocycles. The summed E-state index contributed by atoms with van der Waals surface area (Å²) in [5.41, 5.74) is 1.43. The predicted molar refractivity (Wildman–Crippen MR) is 107 cm³/mol. The molecule has 0 N–H and O–H groups in total. The second-order valence-corrected chi connectivity index (χ2v) is 8.02. The Kier molecular flexibility index (Phi) is 5.73. The van der Waals surface area contributed by atoms with E-state index in [2.05, 4.69) is 43.4 Å². The van der Waals surface area contributed by atoms with Crippen LogP contribution in [0.4, 0.5) is 0 Å². The van der Waals surface area contributed by atoms with Crippen molar-refractivity contribution in [3.8, 4) is 0 Å². The summed E-state index contributed by atoms with van der Waals surface area (Å²) < 4.78 is 1.09.